The summed E-state index contributed by atoms with van der Waals surface area (Å²) in [5, 5.41) is 3.49. The molecule has 0 saturated carbocycles. The summed E-state index contributed by atoms with van der Waals surface area (Å²) in [5.41, 5.74) is 6.33. The summed E-state index contributed by atoms with van der Waals surface area (Å²) < 4.78 is 0.748. The number of hydrogen-bond donors (Lipinski definition) is 3. The van der Waals surface area contributed by atoms with Crippen LogP contribution in [0.25, 0.3) is 10.9 Å². The molecule has 4 N–H and O–H groups in total. The summed E-state index contributed by atoms with van der Waals surface area (Å²) in [7, 11) is 0. The predicted molar refractivity (Wildman–Crippen MR) is 82.9 cm³/mol. The summed E-state index contributed by atoms with van der Waals surface area (Å²) in [5.74, 6) is -0.264. The summed E-state index contributed by atoms with van der Waals surface area (Å²) in [4.78, 5) is 26.6. The normalized spacial score (nSPS) is 12.3. The quantitative estimate of drug-likeness (QED) is 0.794. The molecule has 5 nitrogen and oxygen atoms in total. The Labute approximate surface area is 124 Å². The molecule has 0 radical (unpaired) electrons. The number of nitrogens with two attached hydrogens (primary N) is 1. The monoisotopic (exact) mass is 337 g/mol. The molecule has 0 aliphatic heterocycles. The smallest absolute Gasteiger partial charge is 0.252 e. The Hall–Kier alpha value is -1.66. The maximum Gasteiger partial charge on any atom is 0.252 e. The van der Waals surface area contributed by atoms with Gasteiger partial charge in [-0.1, -0.05) is 12.1 Å². The standard InChI is InChI=1S/C14H16BrN3O2/c1-8(16)5-6-17-14(20)10-7-12(19)18-13-9(10)3-2-4-11(13)15/h2-4,7-8H,5-6,16H2,1H3,(H,17,20)(H,18,19). The number of aromatic amines is 1. The molecular formula is C14H16BrN3O2. The summed E-state index contributed by atoms with van der Waals surface area (Å²) in [6.07, 6.45) is 0.691. The van der Waals surface area contributed by atoms with E-state index in [1.165, 1.54) is 6.07 Å². The van der Waals surface area contributed by atoms with Gasteiger partial charge >= 0.3 is 0 Å². The highest BCUT2D eigenvalue weighted by Gasteiger charge is 2.12. The molecule has 1 unspecified atom stereocenters. The van der Waals surface area contributed by atoms with Crippen LogP contribution in [0.3, 0.4) is 0 Å². The molecule has 106 valence electrons. The number of nitrogens with one attached hydrogen (secondary N) is 2. The third-order valence-electron chi connectivity index (χ3n) is 2.96. The van der Waals surface area contributed by atoms with Gasteiger partial charge in [0, 0.05) is 28.5 Å². The largest absolute Gasteiger partial charge is 0.352 e. The van der Waals surface area contributed by atoms with Crippen molar-refractivity contribution in [3.05, 3.63) is 44.7 Å². The van der Waals surface area contributed by atoms with Crippen LogP contribution in [0.1, 0.15) is 23.7 Å². The molecule has 20 heavy (non-hydrogen) atoms. The Kier molecular flexibility index (Phi) is 4.57. The molecule has 2 rings (SSSR count). The average Bonchev–Trinajstić information content (AvgIpc) is 2.38. The topological polar surface area (TPSA) is 88.0 Å². The number of H-pyrrole nitrogens is 1. The Morgan fingerprint density at radius 3 is 2.95 bits per heavy atom. The van der Waals surface area contributed by atoms with Crippen LogP contribution in [0.15, 0.2) is 33.5 Å². The second-order valence-electron chi connectivity index (χ2n) is 4.73. The van der Waals surface area contributed by atoms with Crippen LogP contribution in [0.2, 0.25) is 0 Å². The Morgan fingerprint density at radius 1 is 1.50 bits per heavy atom. The van der Waals surface area contributed by atoms with Gasteiger partial charge in [0.1, 0.15) is 0 Å². The van der Waals surface area contributed by atoms with Crippen LogP contribution in [0, 0.1) is 0 Å². The highest BCUT2D eigenvalue weighted by Crippen LogP contribution is 2.23. The van der Waals surface area contributed by atoms with Gasteiger partial charge in [0.15, 0.2) is 0 Å². The van der Waals surface area contributed by atoms with Gasteiger partial charge < -0.3 is 16.0 Å². The van der Waals surface area contributed by atoms with Crippen molar-refractivity contribution in [3.8, 4) is 0 Å². The summed E-state index contributed by atoms with van der Waals surface area (Å²) in [6, 6.07) is 6.78. The van der Waals surface area contributed by atoms with E-state index >= 15 is 0 Å². The molecule has 0 fully saturated rings. The van der Waals surface area contributed by atoms with Crippen molar-refractivity contribution in [2.24, 2.45) is 5.73 Å². The average molecular weight is 338 g/mol. The number of amides is 1. The van der Waals surface area contributed by atoms with E-state index in [-0.39, 0.29) is 17.5 Å². The van der Waals surface area contributed by atoms with Crippen LogP contribution in [-0.2, 0) is 0 Å². The van der Waals surface area contributed by atoms with E-state index in [0.29, 0.717) is 29.4 Å². The van der Waals surface area contributed by atoms with Gasteiger partial charge in [0.05, 0.1) is 11.1 Å². The van der Waals surface area contributed by atoms with Gasteiger partial charge in [0.25, 0.3) is 5.91 Å². The zero-order valence-electron chi connectivity index (χ0n) is 11.1. The van der Waals surface area contributed by atoms with Crippen molar-refractivity contribution in [1.29, 1.82) is 0 Å². The van der Waals surface area contributed by atoms with E-state index in [1.807, 2.05) is 19.1 Å². The van der Waals surface area contributed by atoms with Gasteiger partial charge in [-0.15, -0.1) is 0 Å². The molecule has 0 bridgehead atoms. The van der Waals surface area contributed by atoms with Gasteiger partial charge in [-0.2, -0.15) is 0 Å². The molecule has 1 aromatic heterocycles. The second-order valence-corrected chi connectivity index (χ2v) is 5.59. The fourth-order valence-electron chi connectivity index (χ4n) is 1.94. The molecule has 1 aromatic carbocycles. The summed E-state index contributed by atoms with van der Waals surface area (Å²) >= 11 is 3.37. The van der Waals surface area contributed by atoms with Crippen LogP contribution in [0.5, 0.6) is 0 Å². The van der Waals surface area contributed by atoms with Crippen molar-refractivity contribution < 1.29 is 4.79 Å². The first-order valence-electron chi connectivity index (χ1n) is 6.34. The lowest BCUT2D eigenvalue weighted by atomic mass is 10.1. The minimum atomic E-state index is -0.304. The minimum absolute atomic E-state index is 0.0281. The lowest BCUT2D eigenvalue weighted by Crippen LogP contribution is -2.29. The maximum absolute atomic E-state index is 12.2. The van der Waals surface area contributed by atoms with Gasteiger partial charge in [-0.25, -0.2) is 0 Å². The van der Waals surface area contributed by atoms with E-state index in [4.69, 9.17) is 5.73 Å². The molecule has 6 heteroatoms. The number of rotatable bonds is 4. The number of hydrogen-bond acceptors (Lipinski definition) is 3. The van der Waals surface area contributed by atoms with Gasteiger partial charge in [0.2, 0.25) is 5.56 Å². The SMILES string of the molecule is CC(N)CCNC(=O)c1cc(=O)[nH]c2c(Br)cccc12. The zero-order valence-corrected chi connectivity index (χ0v) is 12.7. The highest BCUT2D eigenvalue weighted by atomic mass is 79.9. The third kappa shape index (κ3) is 3.26. The number of carbonyl (C=O) groups is 1. The van der Waals surface area contributed by atoms with Crippen LogP contribution >= 0.6 is 15.9 Å². The first kappa shape index (κ1) is 14.7. The molecule has 0 aliphatic rings. The molecule has 0 aliphatic carbocycles. The van der Waals surface area contributed by atoms with Crippen molar-refractivity contribution in [2.75, 3.05) is 6.54 Å². The molecule has 0 saturated heterocycles. The number of para-hydroxylation sites is 1. The zero-order chi connectivity index (χ0) is 14.7. The van der Waals surface area contributed by atoms with Gasteiger partial charge in [-0.05, 0) is 35.3 Å². The van der Waals surface area contributed by atoms with E-state index in [9.17, 15) is 9.59 Å². The second kappa shape index (κ2) is 6.19. The molecular weight excluding hydrogens is 322 g/mol. The number of fused-ring (bicyclic) bond motifs is 1. The molecule has 2 aromatic rings. The first-order chi connectivity index (χ1) is 9.49. The Bertz CT molecular complexity index is 694. The third-order valence-corrected chi connectivity index (χ3v) is 3.62. The van der Waals surface area contributed by atoms with Gasteiger partial charge in [-0.3, -0.25) is 9.59 Å². The number of benzene rings is 1. The van der Waals surface area contributed by atoms with Crippen molar-refractivity contribution >= 4 is 32.7 Å². The van der Waals surface area contributed by atoms with E-state index in [0.717, 1.165) is 4.47 Å². The molecule has 1 amide bonds. The van der Waals surface area contributed by atoms with E-state index < -0.39 is 0 Å². The number of carbonyl (C=O) groups excluding carboxylic acids is 1. The van der Waals surface area contributed by atoms with E-state index in [1.54, 1.807) is 6.07 Å². The van der Waals surface area contributed by atoms with Crippen molar-refractivity contribution in [1.82, 2.24) is 10.3 Å². The number of halogens is 1. The fourth-order valence-corrected chi connectivity index (χ4v) is 2.41. The van der Waals surface area contributed by atoms with Crippen molar-refractivity contribution in [2.45, 2.75) is 19.4 Å². The molecule has 1 heterocycles. The van der Waals surface area contributed by atoms with E-state index in [2.05, 4.69) is 26.2 Å². The number of pyridine rings is 1. The van der Waals surface area contributed by atoms with Crippen molar-refractivity contribution in [3.63, 3.8) is 0 Å². The lowest BCUT2D eigenvalue weighted by molar-refractivity contribution is 0.0954. The predicted octanol–water partition coefficient (Wildman–Crippen LogP) is 1.76. The Balaban J connectivity index is 2.36. The number of aromatic nitrogens is 1. The fraction of sp³-hybridized carbons (Fsp3) is 0.286. The van der Waals surface area contributed by atoms with Crippen LogP contribution in [0.4, 0.5) is 0 Å². The highest BCUT2D eigenvalue weighted by molar-refractivity contribution is 9.10. The molecule has 1 atom stereocenters. The lowest BCUT2D eigenvalue weighted by Gasteiger charge is -2.09. The molecule has 0 spiro atoms. The summed E-state index contributed by atoms with van der Waals surface area (Å²) in [6.45, 7) is 2.37. The first-order valence-corrected chi connectivity index (χ1v) is 7.13. The Morgan fingerprint density at radius 2 is 2.25 bits per heavy atom. The van der Waals surface area contributed by atoms with Crippen LogP contribution in [-0.4, -0.2) is 23.5 Å². The van der Waals surface area contributed by atoms with Crippen LogP contribution < -0.4 is 16.6 Å². The minimum Gasteiger partial charge on any atom is -0.352 e. The maximum atomic E-state index is 12.2.